The Morgan fingerprint density at radius 1 is 1.19 bits per heavy atom. The molecule has 21 heavy (non-hydrogen) atoms. The van der Waals surface area contributed by atoms with Crippen LogP contribution in [0.3, 0.4) is 0 Å². The van der Waals surface area contributed by atoms with Crippen molar-refractivity contribution < 1.29 is 9.53 Å². The van der Waals surface area contributed by atoms with Crippen molar-refractivity contribution in [3.05, 3.63) is 29.8 Å². The topological polar surface area (TPSA) is 55.6 Å². The molecule has 2 N–H and O–H groups in total. The van der Waals surface area contributed by atoms with Crippen LogP contribution < -0.4 is 10.5 Å². The van der Waals surface area contributed by atoms with Crippen molar-refractivity contribution in [2.24, 2.45) is 5.73 Å². The van der Waals surface area contributed by atoms with Crippen LogP contribution in [-0.4, -0.2) is 30.0 Å². The maximum atomic E-state index is 12.5. The second-order valence-electron chi connectivity index (χ2n) is 6.15. The molecule has 1 aromatic rings. The molecule has 2 aliphatic rings. The predicted octanol–water partition coefficient (Wildman–Crippen LogP) is 2.63. The highest BCUT2D eigenvalue weighted by atomic mass is 16.5. The molecule has 1 aliphatic heterocycles. The van der Waals surface area contributed by atoms with E-state index >= 15 is 0 Å². The summed E-state index contributed by atoms with van der Waals surface area (Å²) >= 11 is 0. The highest BCUT2D eigenvalue weighted by molar-refractivity contribution is 5.81. The van der Waals surface area contributed by atoms with Gasteiger partial charge in [-0.1, -0.05) is 37.5 Å². The largest absolute Gasteiger partial charge is 0.496 e. The van der Waals surface area contributed by atoms with Crippen LogP contribution in [0, 0.1) is 0 Å². The maximum absolute atomic E-state index is 12.5. The molecule has 1 aromatic carbocycles. The maximum Gasteiger partial charge on any atom is 0.225 e. The van der Waals surface area contributed by atoms with Gasteiger partial charge in [-0.3, -0.25) is 4.79 Å². The van der Waals surface area contributed by atoms with E-state index in [-0.39, 0.29) is 18.0 Å². The normalized spacial score (nSPS) is 27.1. The fraction of sp³-hybridized carbons (Fsp3) is 0.588. The lowest BCUT2D eigenvalue weighted by Gasteiger charge is -2.37. The van der Waals surface area contributed by atoms with Crippen LogP contribution >= 0.6 is 0 Å². The highest BCUT2D eigenvalue weighted by Crippen LogP contribution is 2.40. The zero-order valence-corrected chi connectivity index (χ0v) is 12.6. The summed E-state index contributed by atoms with van der Waals surface area (Å²) in [5, 5.41) is 0. The molecule has 1 heterocycles. The summed E-state index contributed by atoms with van der Waals surface area (Å²) in [7, 11) is 1.67. The van der Waals surface area contributed by atoms with Crippen LogP contribution in [-0.2, 0) is 4.79 Å². The molecule has 0 spiro atoms. The van der Waals surface area contributed by atoms with E-state index in [0.717, 1.165) is 24.2 Å². The average molecular weight is 288 g/mol. The number of amides is 1. The van der Waals surface area contributed by atoms with E-state index in [4.69, 9.17) is 10.5 Å². The predicted molar refractivity (Wildman–Crippen MR) is 82.0 cm³/mol. The molecule has 1 saturated carbocycles. The molecule has 1 aliphatic carbocycles. The minimum Gasteiger partial charge on any atom is -0.496 e. The average Bonchev–Trinajstić information content (AvgIpc) is 2.82. The summed E-state index contributed by atoms with van der Waals surface area (Å²) in [6.07, 6.45) is 6.35. The molecule has 2 atom stereocenters. The number of hydrogen-bond donors (Lipinski definition) is 1. The van der Waals surface area contributed by atoms with Crippen molar-refractivity contribution in [1.29, 1.82) is 0 Å². The quantitative estimate of drug-likeness (QED) is 0.930. The Bertz CT molecular complexity index is 511. The highest BCUT2D eigenvalue weighted by Gasteiger charge is 2.43. The summed E-state index contributed by atoms with van der Waals surface area (Å²) < 4.78 is 5.48. The first-order valence-electron chi connectivity index (χ1n) is 7.92. The van der Waals surface area contributed by atoms with Crippen molar-refractivity contribution in [2.45, 2.75) is 56.7 Å². The van der Waals surface area contributed by atoms with E-state index in [9.17, 15) is 4.79 Å². The summed E-state index contributed by atoms with van der Waals surface area (Å²) in [5.41, 5.74) is 7.35. The number of carbonyl (C=O) groups excluding carboxylic acids is 1. The van der Waals surface area contributed by atoms with Gasteiger partial charge in [0.1, 0.15) is 5.75 Å². The van der Waals surface area contributed by atoms with Gasteiger partial charge in [-0.2, -0.15) is 0 Å². The molecular formula is C17H24N2O2. The first-order valence-corrected chi connectivity index (χ1v) is 7.92. The number of benzene rings is 1. The summed E-state index contributed by atoms with van der Waals surface area (Å²) in [4.78, 5) is 14.5. The van der Waals surface area contributed by atoms with E-state index < -0.39 is 0 Å². The van der Waals surface area contributed by atoms with Gasteiger partial charge in [0.15, 0.2) is 0 Å². The van der Waals surface area contributed by atoms with Crippen molar-refractivity contribution in [1.82, 2.24) is 4.90 Å². The lowest BCUT2D eigenvalue weighted by molar-refractivity contribution is -0.132. The molecule has 2 unspecified atom stereocenters. The van der Waals surface area contributed by atoms with Crippen molar-refractivity contribution >= 4 is 5.91 Å². The van der Waals surface area contributed by atoms with E-state index in [1.807, 2.05) is 24.3 Å². The summed E-state index contributed by atoms with van der Waals surface area (Å²) in [6.45, 7) is 0. The van der Waals surface area contributed by atoms with Crippen molar-refractivity contribution in [3.63, 3.8) is 0 Å². The number of carbonyl (C=O) groups is 1. The van der Waals surface area contributed by atoms with Gasteiger partial charge in [0.05, 0.1) is 13.2 Å². The number of nitrogens with two attached hydrogens (primary N) is 1. The number of ether oxygens (including phenoxy) is 1. The smallest absolute Gasteiger partial charge is 0.225 e. The molecule has 0 aromatic heterocycles. The molecule has 2 fully saturated rings. The summed E-state index contributed by atoms with van der Waals surface area (Å²) in [5.74, 6) is 1.03. The minimum absolute atomic E-state index is 0.0447. The van der Waals surface area contributed by atoms with Gasteiger partial charge in [0.25, 0.3) is 0 Å². The second-order valence-corrected chi connectivity index (χ2v) is 6.15. The molecule has 3 rings (SSSR count). The third-order valence-corrected chi connectivity index (χ3v) is 4.83. The Balaban J connectivity index is 1.95. The van der Waals surface area contributed by atoms with Crippen LogP contribution in [0.4, 0.5) is 0 Å². The zero-order valence-electron chi connectivity index (χ0n) is 12.6. The van der Waals surface area contributed by atoms with E-state index in [0.29, 0.717) is 12.5 Å². The number of para-hydroxylation sites is 1. The van der Waals surface area contributed by atoms with Gasteiger partial charge < -0.3 is 15.4 Å². The monoisotopic (exact) mass is 288 g/mol. The van der Waals surface area contributed by atoms with Gasteiger partial charge in [-0.15, -0.1) is 0 Å². The Labute approximate surface area is 126 Å². The van der Waals surface area contributed by atoms with Gasteiger partial charge >= 0.3 is 0 Å². The van der Waals surface area contributed by atoms with Crippen LogP contribution in [0.1, 0.15) is 50.1 Å². The van der Waals surface area contributed by atoms with Gasteiger partial charge in [0.2, 0.25) is 5.91 Å². The molecule has 4 nitrogen and oxygen atoms in total. The molecule has 4 heteroatoms. The van der Waals surface area contributed by atoms with E-state index in [1.165, 1.54) is 19.3 Å². The lowest BCUT2D eigenvalue weighted by atomic mass is 9.92. The van der Waals surface area contributed by atoms with E-state index in [2.05, 4.69) is 4.90 Å². The Hall–Kier alpha value is -1.55. The first kappa shape index (κ1) is 14.4. The molecule has 114 valence electrons. The standard InChI is InChI=1S/C17H24N2O2/c1-21-15-10-6-5-9-13(15)17-14(18)11-16(20)19(17)12-7-3-2-4-8-12/h5-6,9-10,12,14,17H,2-4,7-8,11,18H2,1H3. The Morgan fingerprint density at radius 2 is 1.90 bits per heavy atom. The van der Waals surface area contributed by atoms with Gasteiger partial charge in [-0.05, 0) is 18.9 Å². The number of likely N-dealkylation sites (tertiary alicyclic amines) is 1. The van der Waals surface area contributed by atoms with Crippen LogP contribution in [0.2, 0.25) is 0 Å². The molecule has 0 radical (unpaired) electrons. The third-order valence-electron chi connectivity index (χ3n) is 4.83. The Kier molecular flexibility index (Phi) is 4.15. The zero-order chi connectivity index (χ0) is 14.8. The molecule has 1 amide bonds. The lowest BCUT2D eigenvalue weighted by Crippen LogP contribution is -2.41. The van der Waals surface area contributed by atoms with Crippen molar-refractivity contribution in [3.8, 4) is 5.75 Å². The number of rotatable bonds is 3. The number of nitrogens with zero attached hydrogens (tertiary/aromatic N) is 1. The fourth-order valence-electron chi connectivity index (χ4n) is 3.86. The minimum atomic E-state index is -0.143. The second kappa shape index (κ2) is 6.06. The van der Waals surface area contributed by atoms with Crippen LogP contribution in [0.5, 0.6) is 5.75 Å². The molecular weight excluding hydrogens is 264 g/mol. The molecule has 0 bridgehead atoms. The SMILES string of the molecule is COc1ccccc1C1C(N)CC(=O)N1C1CCCCC1. The number of hydrogen-bond acceptors (Lipinski definition) is 3. The van der Waals surface area contributed by atoms with Crippen LogP contribution in [0.15, 0.2) is 24.3 Å². The molecule has 1 saturated heterocycles. The number of methoxy groups -OCH3 is 1. The van der Waals surface area contributed by atoms with Gasteiger partial charge in [0, 0.05) is 24.1 Å². The van der Waals surface area contributed by atoms with E-state index in [1.54, 1.807) is 7.11 Å². The Morgan fingerprint density at radius 3 is 2.62 bits per heavy atom. The van der Waals surface area contributed by atoms with Crippen molar-refractivity contribution in [2.75, 3.05) is 7.11 Å². The summed E-state index contributed by atoms with van der Waals surface area (Å²) in [6, 6.07) is 8.09. The third kappa shape index (κ3) is 2.64. The first-order chi connectivity index (χ1) is 10.2. The van der Waals surface area contributed by atoms with Gasteiger partial charge in [-0.25, -0.2) is 0 Å². The van der Waals surface area contributed by atoms with Crippen LogP contribution in [0.25, 0.3) is 0 Å². The fourth-order valence-corrected chi connectivity index (χ4v) is 3.86.